The van der Waals surface area contributed by atoms with Gasteiger partial charge in [-0.2, -0.15) is 0 Å². The van der Waals surface area contributed by atoms with Crippen LogP contribution in [0.15, 0.2) is 21.7 Å². The fourth-order valence-corrected chi connectivity index (χ4v) is 1.70. The highest BCUT2D eigenvalue weighted by Gasteiger charge is 2.07. The summed E-state index contributed by atoms with van der Waals surface area (Å²) in [5, 5.41) is 0. The van der Waals surface area contributed by atoms with E-state index in [4.69, 9.17) is 0 Å². The standard InChI is InChI=1S/C12H18N2O2/c1-8(2)6-9(3)10-7-11(15)14(5)12(16)13(10)4/h6-8H,1-5H3/b9-6+. The Balaban J connectivity index is 3.49. The summed E-state index contributed by atoms with van der Waals surface area (Å²) in [6, 6.07) is 1.50. The van der Waals surface area contributed by atoms with Crippen LogP contribution in [0.3, 0.4) is 0 Å². The average molecular weight is 222 g/mol. The van der Waals surface area contributed by atoms with Gasteiger partial charge in [-0.25, -0.2) is 4.79 Å². The number of rotatable bonds is 2. The first-order valence-electron chi connectivity index (χ1n) is 5.30. The smallest absolute Gasteiger partial charge is 0.297 e. The van der Waals surface area contributed by atoms with E-state index in [0.29, 0.717) is 11.6 Å². The highest BCUT2D eigenvalue weighted by molar-refractivity contribution is 5.60. The van der Waals surface area contributed by atoms with Gasteiger partial charge in [-0.15, -0.1) is 0 Å². The molecule has 88 valence electrons. The van der Waals surface area contributed by atoms with E-state index in [1.807, 2.05) is 13.0 Å². The summed E-state index contributed by atoms with van der Waals surface area (Å²) in [7, 11) is 3.16. The quantitative estimate of drug-likeness (QED) is 0.753. The monoisotopic (exact) mass is 222 g/mol. The van der Waals surface area contributed by atoms with Gasteiger partial charge in [0.1, 0.15) is 0 Å². The van der Waals surface area contributed by atoms with Crippen LogP contribution in [0.5, 0.6) is 0 Å². The lowest BCUT2D eigenvalue weighted by Gasteiger charge is -2.10. The molecule has 0 aliphatic carbocycles. The Morgan fingerprint density at radius 1 is 1.25 bits per heavy atom. The van der Waals surface area contributed by atoms with Crippen molar-refractivity contribution in [2.45, 2.75) is 20.8 Å². The van der Waals surface area contributed by atoms with E-state index in [0.717, 1.165) is 10.1 Å². The number of allylic oxidation sites excluding steroid dienone is 2. The largest absolute Gasteiger partial charge is 0.330 e. The summed E-state index contributed by atoms with van der Waals surface area (Å²) in [6.07, 6.45) is 2.04. The normalized spacial score (nSPS) is 12.2. The molecule has 0 atom stereocenters. The maximum atomic E-state index is 11.7. The minimum absolute atomic E-state index is 0.269. The molecule has 0 amide bonds. The van der Waals surface area contributed by atoms with Crippen LogP contribution in [0.1, 0.15) is 26.5 Å². The van der Waals surface area contributed by atoms with Gasteiger partial charge in [0.15, 0.2) is 0 Å². The van der Waals surface area contributed by atoms with Crippen LogP contribution in [-0.2, 0) is 14.1 Å². The third-order valence-electron chi connectivity index (χ3n) is 2.51. The minimum Gasteiger partial charge on any atom is -0.297 e. The van der Waals surface area contributed by atoms with E-state index in [9.17, 15) is 9.59 Å². The molecule has 0 radical (unpaired) electrons. The Morgan fingerprint density at radius 2 is 1.81 bits per heavy atom. The van der Waals surface area contributed by atoms with Crippen LogP contribution in [-0.4, -0.2) is 9.13 Å². The van der Waals surface area contributed by atoms with Gasteiger partial charge in [0.2, 0.25) is 0 Å². The molecule has 0 fully saturated rings. The molecular weight excluding hydrogens is 204 g/mol. The van der Waals surface area contributed by atoms with E-state index in [1.54, 1.807) is 7.05 Å². The fourth-order valence-electron chi connectivity index (χ4n) is 1.70. The van der Waals surface area contributed by atoms with E-state index >= 15 is 0 Å². The minimum atomic E-state index is -0.293. The molecule has 4 heteroatoms. The molecule has 0 aliphatic heterocycles. The van der Waals surface area contributed by atoms with Crippen molar-refractivity contribution in [1.82, 2.24) is 9.13 Å². The molecule has 0 aliphatic rings. The molecule has 0 unspecified atom stereocenters. The second kappa shape index (κ2) is 4.51. The lowest BCUT2D eigenvalue weighted by atomic mass is 10.1. The Morgan fingerprint density at radius 3 is 2.31 bits per heavy atom. The summed E-state index contributed by atoms with van der Waals surface area (Å²) in [5.74, 6) is 0.388. The van der Waals surface area contributed by atoms with Gasteiger partial charge in [-0.1, -0.05) is 19.9 Å². The van der Waals surface area contributed by atoms with Crippen molar-refractivity contribution < 1.29 is 0 Å². The maximum absolute atomic E-state index is 11.7. The van der Waals surface area contributed by atoms with Gasteiger partial charge in [-0.3, -0.25) is 13.9 Å². The lowest BCUT2D eigenvalue weighted by molar-refractivity contribution is 0.677. The van der Waals surface area contributed by atoms with Crippen molar-refractivity contribution in [3.8, 4) is 0 Å². The lowest BCUT2D eigenvalue weighted by Crippen LogP contribution is -2.37. The topological polar surface area (TPSA) is 44.0 Å². The van der Waals surface area contributed by atoms with Crippen LogP contribution in [0.4, 0.5) is 0 Å². The summed E-state index contributed by atoms with van der Waals surface area (Å²) in [6.45, 7) is 6.03. The molecule has 0 N–H and O–H groups in total. The van der Waals surface area contributed by atoms with Crippen LogP contribution in [0.2, 0.25) is 0 Å². The van der Waals surface area contributed by atoms with Crippen molar-refractivity contribution in [3.63, 3.8) is 0 Å². The molecule has 0 bridgehead atoms. The summed E-state index contributed by atoms with van der Waals surface area (Å²) < 4.78 is 2.60. The van der Waals surface area contributed by atoms with Gasteiger partial charge in [0.05, 0.1) is 5.69 Å². The third-order valence-corrected chi connectivity index (χ3v) is 2.51. The molecule has 1 heterocycles. The number of nitrogens with zero attached hydrogens (tertiary/aromatic N) is 2. The highest BCUT2D eigenvalue weighted by Crippen LogP contribution is 2.12. The summed E-state index contributed by atoms with van der Waals surface area (Å²) >= 11 is 0. The number of hydrogen-bond donors (Lipinski definition) is 0. The van der Waals surface area contributed by atoms with Crippen molar-refractivity contribution in [3.05, 3.63) is 38.7 Å². The molecule has 0 saturated carbocycles. The first-order chi connectivity index (χ1) is 7.34. The van der Waals surface area contributed by atoms with Crippen LogP contribution in [0.25, 0.3) is 5.57 Å². The SMILES string of the molecule is C/C(=C\C(C)C)c1cc(=O)n(C)c(=O)n1C. The van der Waals surface area contributed by atoms with E-state index in [2.05, 4.69) is 13.8 Å². The van der Waals surface area contributed by atoms with Crippen LogP contribution < -0.4 is 11.2 Å². The predicted octanol–water partition coefficient (Wildman–Crippen LogP) is 1.14. The van der Waals surface area contributed by atoms with Gasteiger partial charge in [-0.05, 0) is 18.4 Å². The third kappa shape index (κ3) is 2.32. The van der Waals surface area contributed by atoms with Gasteiger partial charge in [0.25, 0.3) is 5.56 Å². The Kier molecular flexibility index (Phi) is 3.52. The Hall–Kier alpha value is -1.58. The molecular formula is C12H18N2O2. The highest BCUT2D eigenvalue weighted by atomic mass is 16.2. The molecule has 1 aromatic rings. The zero-order chi connectivity index (χ0) is 12.5. The summed E-state index contributed by atoms with van der Waals surface area (Å²) in [4.78, 5) is 23.2. The molecule has 16 heavy (non-hydrogen) atoms. The zero-order valence-electron chi connectivity index (χ0n) is 10.4. The Labute approximate surface area is 94.8 Å². The van der Waals surface area contributed by atoms with E-state index in [1.165, 1.54) is 17.7 Å². The molecule has 4 nitrogen and oxygen atoms in total. The fraction of sp³-hybridized carbons (Fsp3) is 0.500. The predicted molar refractivity (Wildman–Crippen MR) is 65.4 cm³/mol. The van der Waals surface area contributed by atoms with Crippen molar-refractivity contribution in [2.24, 2.45) is 20.0 Å². The zero-order valence-corrected chi connectivity index (χ0v) is 10.4. The molecule has 0 saturated heterocycles. The van der Waals surface area contributed by atoms with Crippen molar-refractivity contribution in [2.75, 3.05) is 0 Å². The van der Waals surface area contributed by atoms with Crippen molar-refractivity contribution >= 4 is 5.57 Å². The second-order valence-electron chi connectivity index (χ2n) is 4.36. The van der Waals surface area contributed by atoms with Crippen LogP contribution >= 0.6 is 0 Å². The number of hydrogen-bond acceptors (Lipinski definition) is 2. The van der Waals surface area contributed by atoms with Crippen molar-refractivity contribution in [1.29, 1.82) is 0 Å². The molecule has 0 spiro atoms. The second-order valence-corrected chi connectivity index (χ2v) is 4.36. The summed E-state index contributed by atoms with van der Waals surface area (Å²) in [5.41, 5.74) is 1.07. The van der Waals surface area contributed by atoms with Gasteiger partial charge in [0, 0.05) is 20.2 Å². The van der Waals surface area contributed by atoms with Gasteiger partial charge >= 0.3 is 5.69 Å². The van der Waals surface area contributed by atoms with E-state index < -0.39 is 0 Å². The maximum Gasteiger partial charge on any atom is 0.330 e. The first kappa shape index (κ1) is 12.5. The molecule has 1 aromatic heterocycles. The van der Waals surface area contributed by atoms with Gasteiger partial charge < -0.3 is 0 Å². The van der Waals surface area contributed by atoms with E-state index in [-0.39, 0.29) is 11.2 Å². The Bertz CT molecular complexity index is 533. The number of aromatic nitrogens is 2. The molecule has 0 aromatic carbocycles. The molecule has 1 rings (SSSR count). The average Bonchev–Trinajstić information content (AvgIpc) is 2.19. The first-order valence-corrected chi connectivity index (χ1v) is 5.30. The van der Waals surface area contributed by atoms with Crippen LogP contribution in [0, 0.1) is 5.92 Å².